The average Bonchev–Trinajstić information content (AvgIpc) is 3.11. The van der Waals surface area contributed by atoms with Gasteiger partial charge < -0.3 is 14.2 Å². The second-order valence-corrected chi connectivity index (χ2v) is 7.25. The van der Waals surface area contributed by atoms with Gasteiger partial charge in [-0.2, -0.15) is 0 Å². The Morgan fingerprint density at radius 2 is 2.03 bits per heavy atom. The molecule has 0 unspecified atom stereocenters. The molecule has 0 bridgehead atoms. The minimum absolute atomic E-state index is 0.121. The second kappa shape index (κ2) is 7.65. The first kappa shape index (κ1) is 18.4. The molecule has 0 radical (unpaired) electrons. The maximum atomic E-state index is 12.8. The SMILES string of the molecule is COc1ccc(CN2COc3ccc4c(c3C2)O/C(=C\c2cccnc2)C4=O)cc1. The summed E-state index contributed by atoms with van der Waals surface area (Å²) in [6.07, 6.45) is 5.11. The minimum atomic E-state index is -0.121. The molecule has 2 aliphatic rings. The van der Waals surface area contributed by atoms with Gasteiger partial charge >= 0.3 is 0 Å². The normalized spacial score (nSPS) is 16.6. The van der Waals surface area contributed by atoms with E-state index in [0.29, 0.717) is 30.3 Å². The largest absolute Gasteiger partial charge is 0.497 e. The van der Waals surface area contributed by atoms with Gasteiger partial charge in [-0.05, 0) is 47.5 Å². The van der Waals surface area contributed by atoms with Gasteiger partial charge in [0.1, 0.15) is 24.0 Å². The van der Waals surface area contributed by atoms with Gasteiger partial charge in [-0.25, -0.2) is 0 Å². The van der Waals surface area contributed by atoms with Crippen molar-refractivity contribution in [1.29, 1.82) is 0 Å². The van der Waals surface area contributed by atoms with Crippen LogP contribution in [-0.4, -0.2) is 29.5 Å². The van der Waals surface area contributed by atoms with Crippen LogP contribution in [-0.2, 0) is 13.1 Å². The van der Waals surface area contributed by atoms with Gasteiger partial charge in [0, 0.05) is 25.5 Å². The number of ether oxygens (including phenoxy) is 3. The number of allylic oxidation sites excluding steroid dienone is 1. The molecule has 5 rings (SSSR count). The van der Waals surface area contributed by atoms with Crippen LogP contribution in [0.4, 0.5) is 0 Å². The molecule has 0 fully saturated rings. The van der Waals surface area contributed by atoms with Crippen LogP contribution in [0.3, 0.4) is 0 Å². The Kier molecular flexibility index (Phi) is 4.69. The number of aromatic nitrogens is 1. The molecule has 0 atom stereocenters. The highest BCUT2D eigenvalue weighted by molar-refractivity contribution is 6.15. The Hall–Kier alpha value is -3.64. The molecule has 6 heteroatoms. The molecule has 2 aromatic carbocycles. The van der Waals surface area contributed by atoms with Crippen molar-refractivity contribution in [2.24, 2.45) is 0 Å². The number of ketones is 1. The topological polar surface area (TPSA) is 60.9 Å². The van der Waals surface area contributed by atoms with Crippen molar-refractivity contribution in [3.8, 4) is 17.2 Å². The van der Waals surface area contributed by atoms with E-state index in [9.17, 15) is 4.79 Å². The molecular weight excluding hydrogens is 380 g/mol. The Bertz CT molecular complexity index is 1120. The van der Waals surface area contributed by atoms with Crippen LogP contribution in [0.1, 0.15) is 27.0 Å². The molecule has 0 amide bonds. The molecule has 30 heavy (non-hydrogen) atoms. The van der Waals surface area contributed by atoms with Crippen molar-refractivity contribution in [3.63, 3.8) is 0 Å². The van der Waals surface area contributed by atoms with Gasteiger partial charge in [0.15, 0.2) is 5.76 Å². The van der Waals surface area contributed by atoms with Crippen LogP contribution in [0, 0.1) is 0 Å². The Morgan fingerprint density at radius 1 is 1.17 bits per heavy atom. The van der Waals surface area contributed by atoms with E-state index in [1.807, 2.05) is 42.5 Å². The predicted octanol–water partition coefficient (Wildman–Crippen LogP) is 4.06. The molecular formula is C24H20N2O4. The number of carbonyl (C=O) groups excluding carboxylic acids is 1. The van der Waals surface area contributed by atoms with E-state index in [4.69, 9.17) is 14.2 Å². The maximum Gasteiger partial charge on any atom is 0.231 e. The van der Waals surface area contributed by atoms with Crippen molar-refractivity contribution in [1.82, 2.24) is 9.88 Å². The summed E-state index contributed by atoms with van der Waals surface area (Å²) in [5.41, 5.74) is 3.44. The van der Waals surface area contributed by atoms with Crippen LogP contribution in [0.15, 0.2) is 66.7 Å². The van der Waals surface area contributed by atoms with E-state index >= 15 is 0 Å². The number of nitrogens with zero attached hydrogens (tertiary/aromatic N) is 2. The fourth-order valence-electron chi connectivity index (χ4n) is 3.71. The van der Waals surface area contributed by atoms with Crippen molar-refractivity contribution in [3.05, 3.63) is 88.9 Å². The summed E-state index contributed by atoms with van der Waals surface area (Å²) < 4.78 is 17.2. The predicted molar refractivity (Wildman–Crippen MR) is 111 cm³/mol. The van der Waals surface area contributed by atoms with Crippen molar-refractivity contribution >= 4 is 11.9 Å². The Morgan fingerprint density at radius 3 is 2.80 bits per heavy atom. The molecule has 0 spiro atoms. The molecule has 150 valence electrons. The standard InChI is InChI=1S/C24H20N2O4/c1-28-18-6-4-16(5-7-18)13-26-14-20-21(29-15-26)9-8-19-23(27)22(30-24(19)20)11-17-3-2-10-25-12-17/h2-12H,13-15H2,1H3/b22-11-. The van der Waals surface area contributed by atoms with Crippen molar-refractivity contribution in [2.45, 2.75) is 13.1 Å². The summed E-state index contributed by atoms with van der Waals surface area (Å²) in [6, 6.07) is 15.3. The van der Waals surface area contributed by atoms with Gasteiger partial charge in [0.25, 0.3) is 0 Å². The van der Waals surface area contributed by atoms with Gasteiger partial charge in [0.05, 0.1) is 18.2 Å². The summed E-state index contributed by atoms with van der Waals surface area (Å²) in [7, 11) is 1.66. The van der Waals surface area contributed by atoms with Crippen LogP contribution in [0.2, 0.25) is 0 Å². The number of fused-ring (bicyclic) bond motifs is 3. The highest BCUT2D eigenvalue weighted by Gasteiger charge is 2.33. The first-order chi connectivity index (χ1) is 14.7. The number of hydrogen-bond acceptors (Lipinski definition) is 6. The number of pyridine rings is 1. The molecule has 0 aliphatic carbocycles. The zero-order chi connectivity index (χ0) is 20.5. The third-order valence-electron chi connectivity index (χ3n) is 5.23. The first-order valence-corrected chi connectivity index (χ1v) is 9.69. The van der Waals surface area contributed by atoms with Crippen LogP contribution in [0.5, 0.6) is 17.2 Å². The molecule has 3 heterocycles. The molecule has 3 aromatic rings. The lowest BCUT2D eigenvalue weighted by atomic mass is 10.0. The molecule has 6 nitrogen and oxygen atoms in total. The minimum Gasteiger partial charge on any atom is -0.497 e. The third kappa shape index (κ3) is 3.42. The highest BCUT2D eigenvalue weighted by Crippen LogP contribution is 2.42. The van der Waals surface area contributed by atoms with Crippen LogP contribution >= 0.6 is 0 Å². The van der Waals surface area contributed by atoms with Crippen LogP contribution in [0.25, 0.3) is 6.08 Å². The fourth-order valence-corrected chi connectivity index (χ4v) is 3.71. The van der Waals surface area contributed by atoms with E-state index in [0.717, 1.165) is 34.7 Å². The number of Topliss-reactive ketones (excluding diaryl/α,β-unsaturated/α-hetero) is 1. The van der Waals surface area contributed by atoms with Crippen molar-refractivity contribution < 1.29 is 19.0 Å². The van der Waals surface area contributed by atoms with Crippen molar-refractivity contribution in [2.75, 3.05) is 13.8 Å². The summed E-state index contributed by atoms with van der Waals surface area (Å²) in [5, 5.41) is 0. The Balaban J connectivity index is 1.39. The Labute approximate surface area is 174 Å². The lowest BCUT2D eigenvalue weighted by molar-refractivity contribution is 0.0872. The summed E-state index contributed by atoms with van der Waals surface area (Å²) in [4.78, 5) is 19.1. The first-order valence-electron chi connectivity index (χ1n) is 9.69. The molecule has 1 aromatic heterocycles. The number of rotatable bonds is 4. The van der Waals surface area contributed by atoms with E-state index in [1.54, 1.807) is 31.6 Å². The number of benzene rings is 2. The monoisotopic (exact) mass is 400 g/mol. The number of carbonyl (C=O) groups is 1. The van der Waals surface area contributed by atoms with Gasteiger partial charge in [0.2, 0.25) is 5.78 Å². The van der Waals surface area contributed by atoms with Gasteiger partial charge in [-0.3, -0.25) is 14.7 Å². The van der Waals surface area contributed by atoms with E-state index in [1.165, 1.54) is 0 Å². The van der Waals surface area contributed by atoms with Gasteiger partial charge in [-0.1, -0.05) is 18.2 Å². The molecule has 2 aliphatic heterocycles. The molecule has 0 saturated carbocycles. The highest BCUT2D eigenvalue weighted by atomic mass is 16.5. The fraction of sp³-hybridized carbons (Fsp3) is 0.167. The summed E-state index contributed by atoms with van der Waals surface area (Å²) in [6.45, 7) is 1.83. The number of hydrogen-bond donors (Lipinski definition) is 0. The molecule has 0 saturated heterocycles. The zero-order valence-electron chi connectivity index (χ0n) is 16.5. The molecule has 0 N–H and O–H groups in total. The summed E-state index contributed by atoms with van der Waals surface area (Å²) >= 11 is 0. The average molecular weight is 400 g/mol. The smallest absolute Gasteiger partial charge is 0.231 e. The van der Waals surface area contributed by atoms with E-state index < -0.39 is 0 Å². The lowest BCUT2D eigenvalue weighted by Gasteiger charge is -2.29. The third-order valence-corrected chi connectivity index (χ3v) is 5.23. The van der Waals surface area contributed by atoms with E-state index in [2.05, 4.69) is 9.88 Å². The van der Waals surface area contributed by atoms with Crippen LogP contribution < -0.4 is 14.2 Å². The second-order valence-electron chi connectivity index (χ2n) is 7.25. The summed E-state index contributed by atoms with van der Waals surface area (Å²) in [5.74, 6) is 2.36. The number of methoxy groups -OCH3 is 1. The maximum absolute atomic E-state index is 12.8. The van der Waals surface area contributed by atoms with Gasteiger partial charge in [-0.15, -0.1) is 0 Å². The quantitative estimate of drug-likeness (QED) is 0.616. The van der Waals surface area contributed by atoms with E-state index in [-0.39, 0.29) is 5.78 Å². The zero-order valence-corrected chi connectivity index (χ0v) is 16.5. The lowest BCUT2D eigenvalue weighted by Crippen LogP contribution is -2.31.